The number of amides is 2. The van der Waals surface area contributed by atoms with E-state index in [0.29, 0.717) is 0 Å². The summed E-state index contributed by atoms with van der Waals surface area (Å²) in [6.07, 6.45) is 5.94. The summed E-state index contributed by atoms with van der Waals surface area (Å²) < 4.78 is 43.2. The molecular formula is C22H33N5O6S2. The third-order valence-electron chi connectivity index (χ3n) is 4.59. The molecule has 0 atom stereocenters. The Bertz CT molecular complexity index is 1090. The Balaban J connectivity index is 0.000000238. The zero-order valence-corrected chi connectivity index (χ0v) is 21.0. The van der Waals surface area contributed by atoms with Gasteiger partial charge in [0.15, 0.2) is 0 Å². The minimum absolute atomic E-state index is 0.148. The molecule has 2 aliphatic heterocycles. The molecular weight excluding hydrogens is 494 g/mol. The summed E-state index contributed by atoms with van der Waals surface area (Å²) in [5.41, 5.74) is 0. The first-order chi connectivity index (χ1) is 16.6. The van der Waals surface area contributed by atoms with E-state index >= 15 is 0 Å². The molecule has 2 aromatic rings. The molecule has 0 aliphatic carbocycles. The van der Waals surface area contributed by atoms with E-state index in [1.165, 1.54) is 30.7 Å². The van der Waals surface area contributed by atoms with Crippen LogP contribution in [0.1, 0.15) is 38.5 Å². The van der Waals surface area contributed by atoms with Gasteiger partial charge in [0.1, 0.15) is 0 Å². The Morgan fingerprint density at radius 2 is 1.11 bits per heavy atom. The molecule has 0 saturated carbocycles. The zero-order valence-electron chi connectivity index (χ0n) is 19.4. The maximum absolute atomic E-state index is 11.0. The van der Waals surface area contributed by atoms with Gasteiger partial charge in [-0.2, -0.15) is 4.83 Å². The highest BCUT2D eigenvalue weighted by molar-refractivity contribution is 7.89. The quantitative estimate of drug-likeness (QED) is 0.287. The van der Waals surface area contributed by atoms with Crippen LogP contribution in [0, 0.1) is 0 Å². The Kier molecular flexibility index (Phi) is 13.8. The molecule has 35 heavy (non-hydrogen) atoms. The molecule has 4 rings (SSSR count). The van der Waals surface area contributed by atoms with Crippen LogP contribution in [0.15, 0.2) is 70.5 Å². The third kappa shape index (κ3) is 13.6. The lowest BCUT2D eigenvalue weighted by Gasteiger charge is -1.99. The van der Waals surface area contributed by atoms with Gasteiger partial charge in [-0.1, -0.05) is 42.8 Å². The van der Waals surface area contributed by atoms with E-state index in [1.54, 1.807) is 41.2 Å². The Morgan fingerprint density at radius 1 is 0.657 bits per heavy atom. The summed E-state index contributed by atoms with van der Waals surface area (Å²) in [6.45, 7) is 1.78. The van der Waals surface area contributed by atoms with Crippen LogP contribution in [0.4, 0.5) is 0 Å². The lowest BCUT2D eigenvalue weighted by atomic mass is 10.2. The van der Waals surface area contributed by atoms with Gasteiger partial charge >= 0.3 is 0 Å². The van der Waals surface area contributed by atoms with Gasteiger partial charge in [0, 0.05) is 25.9 Å². The SMILES string of the molecule is NNS(=O)(=O)c1ccccc1.NS(=O)(=O)c1ccccc1.O=C1CCCCCN1.O=C1CCCN1. The minimum atomic E-state index is -3.50. The molecule has 11 nitrogen and oxygen atoms in total. The first kappa shape index (κ1) is 30.2. The summed E-state index contributed by atoms with van der Waals surface area (Å²) in [6, 6.07) is 15.8. The predicted molar refractivity (Wildman–Crippen MR) is 132 cm³/mol. The van der Waals surface area contributed by atoms with Crippen molar-refractivity contribution in [3.8, 4) is 0 Å². The Labute approximate surface area is 206 Å². The van der Waals surface area contributed by atoms with Gasteiger partial charge in [-0.25, -0.2) is 22.0 Å². The number of benzene rings is 2. The number of hydrogen-bond acceptors (Lipinski definition) is 7. The molecule has 13 heteroatoms. The summed E-state index contributed by atoms with van der Waals surface area (Å²) in [5.74, 6) is 5.23. The van der Waals surface area contributed by atoms with Crippen molar-refractivity contribution in [1.29, 1.82) is 0 Å². The second-order valence-electron chi connectivity index (χ2n) is 7.41. The summed E-state index contributed by atoms with van der Waals surface area (Å²) >= 11 is 0. The summed E-state index contributed by atoms with van der Waals surface area (Å²) in [5, 5.41) is 10.3. The van der Waals surface area contributed by atoms with Crippen molar-refractivity contribution in [3.63, 3.8) is 0 Å². The number of hydrogen-bond donors (Lipinski definition) is 5. The van der Waals surface area contributed by atoms with Gasteiger partial charge in [0.05, 0.1) is 9.79 Å². The van der Waals surface area contributed by atoms with Crippen LogP contribution in [-0.2, 0) is 29.6 Å². The lowest BCUT2D eigenvalue weighted by Crippen LogP contribution is -2.30. The first-order valence-corrected chi connectivity index (χ1v) is 14.0. The smallest absolute Gasteiger partial charge is 0.253 e. The molecule has 0 aromatic heterocycles. The van der Waals surface area contributed by atoms with Gasteiger partial charge in [-0.05, 0) is 43.5 Å². The molecule has 2 heterocycles. The monoisotopic (exact) mass is 527 g/mol. The van der Waals surface area contributed by atoms with E-state index in [1.807, 2.05) is 0 Å². The van der Waals surface area contributed by atoms with E-state index in [4.69, 9.17) is 11.0 Å². The van der Waals surface area contributed by atoms with Crippen LogP contribution < -0.4 is 26.4 Å². The number of primary sulfonamides is 1. The predicted octanol–water partition coefficient (Wildman–Crippen LogP) is 0.746. The van der Waals surface area contributed by atoms with Crippen LogP contribution in [-0.4, -0.2) is 41.7 Å². The zero-order chi connectivity index (χ0) is 26.2. The van der Waals surface area contributed by atoms with Crippen LogP contribution in [0.2, 0.25) is 0 Å². The normalized spacial score (nSPS) is 15.4. The van der Waals surface area contributed by atoms with E-state index in [2.05, 4.69) is 10.6 Å². The van der Waals surface area contributed by atoms with Crippen molar-refractivity contribution in [2.75, 3.05) is 13.1 Å². The maximum atomic E-state index is 11.0. The van der Waals surface area contributed by atoms with Crippen molar-refractivity contribution >= 4 is 31.9 Å². The molecule has 7 N–H and O–H groups in total. The number of nitrogens with one attached hydrogen (secondary N) is 3. The minimum Gasteiger partial charge on any atom is -0.356 e. The molecule has 0 spiro atoms. The van der Waals surface area contributed by atoms with Crippen LogP contribution in [0.25, 0.3) is 0 Å². The highest BCUT2D eigenvalue weighted by Gasteiger charge is 2.09. The standard InChI is InChI=1S/C6H8N2O2S.C6H7NO2S.C6H11NO.C4H7NO/c7-8-11(9,10)6-4-2-1-3-5-6;7-10(8,9)6-4-2-1-3-5-6;8-6-4-2-1-3-5-7-6;6-4-2-1-3-5-4/h1-5,8H,7H2;1-5H,(H2,7,8,9);1-5H2,(H,7,8);1-3H2,(H,5,6). The summed E-state index contributed by atoms with van der Waals surface area (Å²) in [4.78, 5) is 22.8. The molecule has 2 fully saturated rings. The van der Waals surface area contributed by atoms with E-state index < -0.39 is 20.0 Å². The van der Waals surface area contributed by atoms with Gasteiger partial charge in [-0.15, -0.1) is 0 Å². The number of sulfonamides is 2. The fourth-order valence-electron chi connectivity index (χ4n) is 2.75. The van der Waals surface area contributed by atoms with Crippen molar-refractivity contribution in [1.82, 2.24) is 15.5 Å². The van der Waals surface area contributed by atoms with Gasteiger partial charge in [-0.3, -0.25) is 15.4 Å². The third-order valence-corrected chi connectivity index (χ3v) is 6.72. The molecule has 194 valence electrons. The van der Waals surface area contributed by atoms with Crippen molar-refractivity contribution in [2.45, 2.75) is 48.3 Å². The molecule has 2 aliphatic rings. The molecule has 0 radical (unpaired) electrons. The number of hydrazine groups is 1. The first-order valence-electron chi connectivity index (χ1n) is 10.9. The highest BCUT2D eigenvalue weighted by atomic mass is 32.2. The van der Waals surface area contributed by atoms with Gasteiger partial charge in [0.2, 0.25) is 21.8 Å². The number of carbonyl (C=O) groups is 2. The highest BCUT2D eigenvalue weighted by Crippen LogP contribution is 2.05. The number of carbonyl (C=O) groups excluding carboxylic acids is 2. The van der Waals surface area contributed by atoms with Crippen LogP contribution in [0.5, 0.6) is 0 Å². The molecule has 2 saturated heterocycles. The molecule has 2 amide bonds. The van der Waals surface area contributed by atoms with Crippen LogP contribution in [0.3, 0.4) is 0 Å². The van der Waals surface area contributed by atoms with E-state index in [0.717, 1.165) is 45.2 Å². The van der Waals surface area contributed by atoms with E-state index in [-0.39, 0.29) is 21.6 Å². The molecule has 0 bridgehead atoms. The summed E-state index contributed by atoms with van der Waals surface area (Å²) in [7, 11) is -6.97. The average molecular weight is 528 g/mol. The molecule has 2 aromatic carbocycles. The lowest BCUT2D eigenvalue weighted by molar-refractivity contribution is -0.121. The second kappa shape index (κ2) is 15.9. The second-order valence-corrected chi connectivity index (χ2v) is 10.7. The molecule has 0 unspecified atom stereocenters. The fourth-order valence-corrected chi connectivity index (χ4v) is 3.93. The Hall–Kier alpha value is -2.84. The number of nitrogens with two attached hydrogens (primary N) is 2. The van der Waals surface area contributed by atoms with Crippen molar-refractivity contribution < 1.29 is 26.4 Å². The maximum Gasteiger partial charge on any atom is 0.253 e. The average Bonchev–Trinajstić information content (AvgIpc) is 3.21. The topological polar surface area (TPSA) is 191 Å². The largest absolute Gasteiger partial charge is 0.356 e. The van der Waals surface area contributed by atoms with Crippen molar-refractivity contribution in [2.24, 2.45) is 11.0 Å². The van der Waals surface area contributed by atoms with Gasteiger partial charge in [0.25, 0.3) is 10.0 Å². The van der Waals surface area contributed by atoms with E-state index in [9.17, 15) is 26.4 Å². The van der Waals surface area contributed by atoms with Gasteiger partial charge < -0.3 is 10.6 Å². The van der Waals surface area contributed by atoms with Crippen molar-refractivity contribution in [3.05, 3.63) is 60.7 Å². The fraction of sp³-hybridized carbons (Fsp3) is 0.364. The Morgan fingerprint density at radius 3 is 1.51 bits per heavy atom. The number of rotatable bonds is 3. The van der Waals surface area contributed by atoms with Crippen LogP contribution >= 0.6 is 0 Å².